The SMILES string of the molecule is Oc1cccc2ccc(/C=N/Nc3ccc4cccc(O)c4n3)nc12. The second-order valence-electron chi connectivity index (χ2n) is 5.50. The minimum absolute atomic E-state index is 0.122. The van der Waals surface area contributed by atoms with Crippen LogP contribution in [0.15, 0.2) is 65.8 Å². The van der Waals surface area contributed by atoms with Gasteiger partial charge in [0.2, 0.25) is 0 Å². The lowest BCUT2D eigenvalue weighted by atomic mass is 10.2. The van der Waals surface area contributed by atoms with E-state index in [0.717, 1.165) is 10.8 Å². The van der Waals surface area contributed by atoms with Crippen molar-refractivity contribution in [1.82, 2.24) is 9.97 Å². The number of anilines is 1. The van der Waals surface area contributed by atoms with Crippen LogP contribution in [-0.4, -0.2) is 26.4 Å². The minimum Gasteiger partial charge on any atom is -0.506 e. The third kappa shape index (κ3) is 2.92. The summed E-state index contributed by atoms with van der Waals surface area (Å²) in [6.07, 6.45) is 1.54. The lowest BCUT2D eigenvalue weighted by Crippen LogP contribution is -1.95. The van der Waals surface area contributed by atoms with Crippen molar-refractivity contribution in [2.24, 2.45) is 5.10 Å². The molecule has 25 heavy (non-hydrogen) atoms. The van der Waals surface area contributed by atoms with Crippen molar-refractivity contribution < 1.29 is 10.2 Å². The Labute approximate surface area is 143 Å². The number of nitrogens with one attached hydrogen (secondary N) is 1. The summed E-state index contributed by atoms with van der Waals surface area (Å²) in [5, 5.41) is 25.6. The van der Waals surface area contributed by atoms with E-state index < -0.39 is 0 Å². The van der Waals surface area contributed by atoms with Crippen LogP contribution in [0.5, 0.6) is 11.5 Å². The third-order valence-corrected chi connectivity index (χ3v) is 3.80. The lowest BCUT2D eigenvalue weighted by Gasteiger charge is -2.04. The molecule has 2 aromatic heterocycles. The van der Waals surface area contributed by atoms with Crippen molar-refractivity contribution in [2.45, 2.75) is 0 Å². The molecular formula is C19H14N4O2. The number of nitrogens with zero attached hydrogens (tertiary/aromatic N) is 3. The van der Waals surface area contributed by atoms with Gasteiger partial charge in [0.15, 0.2) is 0 Å². The average molecular weight is 330 g/mol. The normalized spacial score (nSPS) is 11.4. The Morgan fingerprint density at radius 2 is 1.40 bits per heavy atom. The van der Waals surface area contributed by atoms with E-state index in [2.05, 4.69) is 20.5 Å². The van der Waals surface area contributed by atoms with Crippen LogP contribution in [0.25, 0.3) is 21.8 Å². The number of rotatable bonds is 3. The zero-order valence-electron chi connectivity index (χ0n) is 13.1. The maximum atomic E-state index is 9.87. The van der Waals surface area contributed by atoms with Gasteiger partial charge >= 0.3 is 0 Å². The highest BCUT2D eigenvalue weighted by Gasteiger charge is 2.03. The van der Waals surface area contributed by atoms with E-state index >= 15 is 0 Å². The highest BCUT2D eigenvalue weighted by Crippen LogP contribution is 2.24. The number of hydrazone groups is 1. The van der Waals surface area contributed by atoms with Crippen LogP contribution in [0.3, 0.4) is 0 Å². The maximum absolute atomic E-state index is 9.87. The maximum Gasteiger partial charge on any atom is 0.147 e. The number of aromatic nitrogens is 2. The van der Waals surface area contributed by atoms with Crippen molar-refractivity contribution >= 4 is 33.8 Å². The van der Waals surface area contributed by atoms with Crippen LogP contribution >= 0.6 is 0 Å². The standard InChI is InChI=1S/C19H14N4O2/c24-15-5-1-3-12-7-9-14(21-18(12)15)11-20-23-17-10-8-13-4-2-6-16(25)19(13)22-17/h1-11,24-25H,(H,22,23)/b20-11+. The van der Waals surface area contributed by atoms with Crippen molar-refractivity contribution in [3.05, 3.63) is 66.4 Å². The molecule has 0 aliphatic carbocycles. The van der Waals surface area contributed by atoms with E-state index in [1.165, 1.54) is 0 Å². The average Bonchev–Trinajstić information content (AvgIpc) is 2.63. The second kappa shape index (κ2) is 6.09. The molecule has 6 heteroatoms. The Morgan fingerprint density at radius 3 is 2.12 bits per heavy atom. The number of phenolic OH excluding ortho intramolecular Hbond substituents is 2. The Hall–Kier alpha value is -3.67. The van der Waals surface area contributed by atoms with Crippen molar-refractivity contribution in [2.75, 3.05) is 5.43 Å². The summed E-state index contributed by atoms with van der Waals surface area (Å²) in [5.41, 5.74) is 4.46. The van der Waals surface area contributed by atoms with Gasteiger partial charge in [0.25, 0.3) is 0 Å². The van der Waals surface area contributed by atoms with Crippen molar-refractivity contribution in [3.63, 3.8) is 0 Å². The number of aromatic hydroxyl groups is 2. The quantitative estimate of drug-likeness (QED) is 0.394. The molecule has 0 fully saturated rings. The van der Waals surface area contributed by atoms with E-state index in [0.29, 0.717) is 22.5 Å². The van der Waals surface area contributed by atoms with Gasteiger partial charge in [0.05, 0.1) is 11.9 Å². The number of fused-ring (bicyclic) bond motifs is 2. The molecule has 0 saturated carbocycles. The molecule has 4 rings (SSSR count). The van der Waals surface area contributed by atoms with Crippen molar-refractivity contribution in [3.8, 4) is 11.5 Å². The van der Waals surface area contributed by atoms with Crippen molar-refractivity contribution in [1.29, 1.82) is 0 Å². The minimum atomic E-state index is 0.122. The first-order chi connectivity index (χ1) is 12.2. The van der Waals surface area contributed by atoms with Gasteiger partial charge in [-0.25, -0.2) is 9.97 Å². The largest absolute Gasteiger partial charge is 0.506 e. The first-order valence-corrected chi connectivity index (χ1v) is 7.67. The molecule has 0 radical (unpaired) electrons. The molecule has 122 valence electrons. The molecule has 0 aliphatic heterocycles. The van der Waals surface area contributed by atoms with E-state index in [1.54, 1.807) is 36.5 Å². The summed E-state index contributed by atoms with van der Waals surface area (Å²) in [5.74, 6) is 0.762. The zero-order chi connectivity index (χ0) is 17.2. The number of pyridine rings is 2. The number of phenols is 2. The fraction of sp³-hybridized carbons (Fsp3) is 0. The molecule has 0 atom stereocenters. The first kappa shape index (κ1) is 14.9. The summed E-state index contributed by atoms with van der Waals surface area (Å²) >= 11 is 0. The Bertz CT molecular complexity index is 1110. The molecule has 0 spiro atoms. The number of hydrogen-bond donors (Lipinski definition) is 3. The molecule has 0 unspecified atom stereocenters. The first-order valence-electron chi connectivity index (χ1n) is 7.67. The van der Waals surface area contributed by atoms with E-state index in [-0.39, 0.29) is 11.5 Å². The van der Waals surface area contributed by atoms with Gasteiger partial charge in [-0.1, -0.05) is 30.3 Å². The topological polar surface area (TPSA) is 90.6 Å². The van der Waals surface area contributed by atoms with E-state index in [9.17, 15) is 10.2 Å². The molecule has 2 aromatic carbocycles. The highest BCUT2D eigenvalue weighted by molar-refractivity contribution is 5.89. The van der Waals surface area contributed by atoms with Gasteiger partial charge in [-0.15, -0.1) is 0 Å². The summed E-state index contributed by atoms with van der Waals surface area (Å²) in [6.45, 7) is 0. The van der Waals surface area contributed by atoms with E-state index in [1.807, 2.05) is 30.3 Å². The highest BCUT2D eigenvalue weighted by atomic mass is 16.3. The lowest BCUT2D eigenvalue weighted by molar-refractivity contribution is 0.480. The second-order valence-corrected chi connectivity index (χ2v) is 5.50. The van der Waals surface area contributed by atoms with Gasteiger partial charge in [-0.3, -0.25) is 5.43 Å². The summed E-state index contributed by atoms with van der Waals surface area (Å²) in [4.78, 5) is 8.70. The fourth-order valence-corrected chi connectivity index (χ4v) is 2.58. The number of benzene rings is 2. The summed E-state index contributed by atoms with van der Waals surface area (Å²) < 4.78 is 0. The smallest absolute Gasteiger partial charge is 0.147 e. The van der Waals surface area contributed by atoms with Gasteiger partial charge in [0, 0.05) is 10.8 Å². The van der Waals surface area contributed by atoms with E-state index in [4.69, 9.17) is 0 Å². The predicted octanol–water partition coefficient (Wildman–Crippen LogP) is 3.64. The van der Waals surface area contributed by atoms with Crippen LogP contribution < -0.4 is 5.43 Å². The summed E-state index contributed by atoms with van der Waals surface area (Å²) in [7, 11) is 0. The van der Waals surface area contributed by atoms with Gasteiger partial charge < -0.3 is 10.2 Å². The Balaban J connectivity index is 1.58. The molecule has 6 nitrogen and oxygen atoms in total. The van der Waals surface area contributed by atoms with Gasteiger partial charge in [0.1, 0.15) is 28.4 Å². The molecule has 2 heterocycles. The molecule has 4 aromatic rings. The fourth-order valence-electron chi connectivity index (χ4n) is 2.58. The van der Waals surface area contributed by atoms with Crippen LogP contribution in [0.1, 0.15) is 5.69 Å². The molecular weight excluding hydrogens is 316 g/mol. The third-order valence-electron chi connectivity index (χ3n) is 3.80. The predicted molar refractivity (Wildman–Crippen MR) is 98.0 cm³/mol. The van der Waals surface area contributed by atoms with Gasteiger partial charge in [-0.2, -0.15) is 5.10 Å². The molecule has 0 bridgehead atoms. The van der Waals surface area contributed by atoms with Crippen LogP contribution in [0.4, 0.5) is 5.82 Å². The van der Waals surface area contributed by atoms with Crippen LogP contribution in [0.2, 0.25) is 0 Å². The molecule has 3 N–H and O–H groups in total. The van der Waals surface area contributed by atoms with Crippen LogP contribution in [0, 0.1) is 0 Å². The number of para-hydroxylation sites is 2. The zero-order valence-corrected chi connectivity index (χ0v) is 13.1. The van der Waals surface area contributed by atoms with Crippen LogP contribution in [-0.2, 0) is 0 Å². The molecule has 0 saturated heterocycles. The Morgan fingerprint density at radius 1 is 0.760 bits per heavy atom. The Kier molecular flexibility index (Phi) is 3.63. The van der Waals surface area contributed by atoms with Gasteiger partial charge in [-0.05, 0) is 30.3 Å². The number of hydrogen-bond acceptors (Lipinski definition) is 6. The monoisotopic (exact) mass is 330 g/mol. The molecule has 0 amide bonds. The molecule has 0 aliphatic rings. The summed E-state index contributed by atoms with van der Waals surface area (Å²) in [6, 6.07) is 17.8.